The third kappa shape index (κ3) is 3.00. The van der Waals surface area contributed by atoms with E-state index < -0.39 is 16.1 Å². The quantitative estimate of drug-likeness (QED) is 0.705. The molecule has 0 aliphatic carbocycles. The molecule has 4 N–H and O–H groups in total. The number of halogens is 1. The third-order valence-electron chi connectivity index (χ3n) is 2.33. The van der Waals surface area contributed by atoms with Gasteiger partial charge in [-0.2, -0.15) is 5.21 Å². The Morgan fingerprint density at radius 2 is 2.21 bits per heavy atom. The summed E-state index contributed by atoms with van der Waals surface area (Å²) in [7, 11) is -3.82. The summed E-state index contributed by atoms with van der Waals surface area (Å²) in [5.74, 6) is 0.226. The van der Waals surface area contributed by atoms with Gasteiger partial charge in [0.1, 0.15) is 4.90 Å². The van der Waals surface area contributed by atoms with E-state index in [0.29, 0.717) is 5.69 Å². The molecule has 2 rings (SSSR count). The molecule has 0 amide bonds. The first kappa shape index (κ1) is 13.7. The van der Waals surface area contributed by atoms with Gasteiger partial charge in [0.05, 0.1) is 11.1 Å². The van der Waals surface area contributed by atoms with Crippen molar-refractivity contribution >= 4 is 27.3 Å². The van der Waals surface area contributed by atoms with Gasteiger partial charge in [-0.15, -0.1) is 10.2 Å². The van der Waals surface area contributed by atoms with E-state index in [1.165, 1.54) is 18.2 Å². The number of benzene rings is 1. The molecule has 0 aliphatic heterocycles. The monoisotopic (exact) mass is 302 g/mol. The number of nitrogens with two attached hydrogens (primary N) is 1. The van der Waals surface area contributed by atoms with Crippen molar-refractivity contribution in [1.29, 1.82) is 0 Å². The van der Waals surface area contributed by atoms with E-state index in [0.717, 1.165) is 0 Å². The number of anilines is 1. The fourth-order valence-corrected chi connectivity index (χ4v) is 3.16. The van der Waals surface area contributed by atoms with Gasteiger partial charge in [0, 0.05) is 5.69 Å². The molecule has 0 spiro atoms. The molecule has 0 bridgehead atoms. The second kappa shape index (κ2) is 5.11. The molecule has 8 nitrogen and oxygen atoms in total. The maximum atomic E-state index is 12.2. The lowest BCUT2D eigenvalue weighted by Crippen LogP contribution is -2.28. The largest absolute Gasteiger partial charge is 0.399 e. The molecule has 10 heteroatoms. The minimum atomic E-state index is -3.82. The minimum absolute atomic E-state index is 0.0852. The SMILES string of the molecule is CC(NS(=O)(=O)c1cc(N)ccc1Cl)c1nn[nH]n1. The van der Waals surface area contributed by atoms with E-state index >= 15 is 0 Å². The third-order valence-corrected chi connectivity index (χ3v) is 4.35. The van der Waals surface area contributed by atoms with Crippen molar-refractivity contribution in [2.45, 2.75) is 17.9 Å². The fraction of sp³-hybridized carbons (Fsp3) is 0.222. The number of hydrogen-bond donors (Lipinski definition) is 3. The van der Waals surface area contributed by atoms with Crippen molar-refractivity contribution in [2.75, 3.05) is 5.73 Å². The van der Waals surface area contributed by atoms with Gasteiger partial charge in [-0.3, -0.25) is 0 Å². The van der Waals surface area contributed by atoms with Crippen molar-refractivity contribution in [3.8, 4) is 0 Å². The second-order valence-electron chi connectivity index (χ2n) is 3.80. The average Bonchev–Trinajstić information content (AvgIpc) is 2.85. The summed E-state index contributed by atoms with van der Waals surface area (Å²) < 4.78 is 26.7. The van der Waals surface area contributed by atoms with Crippen LogP contribution >= 0.6 is 11.6 Å². The first-order chi connectivity index (χ1) is 8.90. The number of aromatic nitrogens is 4. The Morgan fingerprint density at radius 3 is 2.84 bits per heavy atom. The summed E-state index contributed by atoms with van der Waals surface area (Å²) in [5, 5.41) is 13.1. The van der Waals surface area contributed by atoms with Crippen LogP contribution in [-0.4, -0.2) is 29.0 Å². The number of rotatable bonds is 4. The Bertz CT molecular complexity index is 672. The molecular weight excluding hydrogens is 292 g/mol. The molecule has 1 aromatic heterocycles. The molecule has 2 aromatic rings. The number of nitrogen functional groups attached to an aromatic ring is 1. The summed E-state index contributed by atoms with van der Waals surface area (Å²) in [6.45, 7) is 1.59. The van der Waals surface area contributed by atoms with Crippen molar-refractivity contribution in [3.05, 3.63) is 29.0 Å². The van der Waals surface area contributed by atoms with Gasteiger partial charge in [0.2, 0.25) is 10.0 Å². The van der Waals surface area contributed by atoms with Crippen LogP contribution in [0.3, 0.4) is 0 Å². The Hall–Kier alpha value is -1.71. The van der Waals surface area contributed by atoms with Crippen LogP contribution in [-0.2, 0) is 10.0 Å². The Labute approximate surface area is 114 Å². The highest BCUT2D eigenvalue weighted by atomic mass is 35.5. The number of nitrogens with one attached hydrogen (secondary N) is 2. The molecule has 0 saturated heterocycles. The minimum Gasteiger partial charge on any atom is -0.399 e. The Kier molecular flexibility index (Phi) is 3.69. The Morgan fingerprint density at radius 1 is 1.47 bits per heavy atom. The molecule has 1 unspecified atom stereocenters. The molecule has 0 radical (unpaired) electrons. The zero-order valence-electron chi connectivity index (χ0n) is 9.83. The number of aromatic amines is 1. The van der Waals surface area contributed by atoms with Crippen molar-refractivity contribution in [1.82, 2.24) is 25.3 Å². The summed E-state index contributed by atoms with van der Waals surface area (Å²) in [4.78, 5) is -0.0930. The van der Waals surface area contributed by atoms with Gasteiger partial charge >= 0.3 is 0 Å². The predicted molar refractivity (Wildman–Crippen MR) is 68.8 cm³/mol. The van der Waals surface area contributed by atoms with Gasteiger partial charge < -0.3 is 5.73 Å². The van der Waals surface area contributed by atoms with E-state index in [4.69, 9.17) is 17.3 Å². The maximum Gasteiger partial charge on any atom is 0.242 e. The Balaban J connectivity index is 2.30. The van der Waals surface area contributed by atoms with Crippen LogP contribution in [0.15, 0.2) is 23.1 Å². The maximum absolute atomic E-state index is 12.2. The average molecular weight is 303 g/mol. The van der Waals surface area contributed by atoms with E-state index in [9.17, 15) is 8.42 Å². The van der Waals surface area contributed by atoms with Crippen LogP contribution in [0.1, 0.15) is 18.8 Å². The van der Waals surface area contributed by atoms with Gasteiger partial charge in [0.15, 0.2) is 5.82 Å². The van der Waals surface area contributed by atoms with E-state index in [1.54, 1.807) is 6.92 Å². The van der Waals surface area contributed by atoms with Gasteiger partial charge in [-0.05, 0) is 25.1 Å². The normalized spacial score (nSPS) is 13.4. The first-order valence-electron chi connectivity index (χ1n) is 5.21. The van der Waals surface area contributed by atoms with E-state index in [1.807, 2.05) is 0 Å². The highest BCUT2D eigenvalue weighted by molar-refractivity contribution is 7.89. The van der Waals surface area contributed by atoms with Gasteiger partial charge in [-0.25, -0.2) is 13.1 Å². The van der Waals surface area contributed by atoms with E-state index in [2.05, 4.69) is 25.3 Å². The summed E-state index contributed by atoms with van der Waals surface area (Å²) in [6, 6.07) is 3.57. The molecule has 1 aromatic carbocycles. The van der Waals surface area contributed by atoms with Crippen LogP contribution in [0.2, 0.25) is 5.02 Å². The highest BCUT2D eigenvalue weighted by Crippen LogP contribution is 2.24. The second-order valence-corrected chi connectivity index (χ2v) is 5.89. The van der Waals surface area contributed by atoms with Gasteiger partial charge in [0.25, 0.3) is 0 Å². The number of sulfonamides is 1. The molecule has 1 atom stereocenters. The molecule has 1 heterocycles. The number of nitrogens with zero attached hydrogens (tertiary/aromatic N) is 3. The van der Waals surface area contributed by atoms with Crippen molar-refractivity contribution in [2.24, 2.45) is 0 Å². The zero-order chi connectivity index (χ0) is 14.0. The van der Waals surface area contributed by atoms with Crippen LogP contribution in [0.5, 0.6) is 0 Å². The van der Waals surface area contributed by atoms with Crippen LogP contribution in [0.4, 0.5) is 5.69 Å². The molecular formula is C9H11ClN6O2S. The van der Waals surface area contributed by atoms with Crippen molar-refractivity contribution < 1.29 is 8.42 Å². The smallest absolute Gasteiger partial charge is 0.242 e. The highest BCUT2D eigenvalue weighted by Gasteiger charge is 2.23. The molecule has 0 saturated carbocycles. The predicted octanol–water partition coefficient (Wildman–Crippen LogP) is 0.475. The topological polar surface area (TPSA) is 127 Å². The summed E-state index contributed by atoms with van der Waals surface area (Å²) in [5.41, 5.74) is 5.86. The lowest BCUT2D eigenvalue weighted by molar-refractivity contribution is 0.560. The molecule has 19 heavy (non-hydrogen) atoms. The van der Waals surface area contributed by atoms with Crippen LogP contribution in [0, 0.1) is 0 Å². The van der Waals surface area contributed by atoms with E-state index in [-0.39, 0.29) is 15.7 Å². The standard InChI is InChI=1S/C9H11ClN6O2S/c1-5(9-12-15-16-13-9)14-19(17,18)8-4-6(11)2-3-7(8)10/h2-5,14H,11H2,1H3,(H,12,13,15,16). The van der Waals surface area contributed by atoms with Crippen LogP contribution < -0.4 is 10.5 Å². The summed E-state index contributed by atoms with van der Waals surface area (Å²) in [6.07, 6.45) is 0. The number of H-pyrrole nitrogens is 1. The molecule has 0 fully saturated rings. The molecule has 102 valence electrons. The fourth-order valence-electron chi connectivity index (χ4n) is 1.43. The van der Waals surface area contributed by atoms with Gasteiger partial charge in [-0.1, -0.05) is 16.8 Å². The lowest BCUT2D eigenvalue weighted by Gasteiger charge is -2.12. The number of tetrazole rings is 1. The number of hydrogen-bond acceptors (Lipinski definition) is 6. The van der Waals surface area contributed by atoms with Crippen molar-refractivity contribution in [3.63, 3.8) is 0 Å². The zero-order valence-corrected chi connectivity index (χ0v) is 11.4. The molecule has 0 aliphatic rings. The summed E-state index contributed by atoms with van der Waals surface area (Å²) >= 11 is 5.86. The van der Waals surface area contributed by atoms with Crippen LogP contribution in [0.25, 0.3) is 0 Å². The first-order valence-corrected chi connectivity index (χ1v) is 7.07. The lowest BCUT2D eigenvalue weighted by atomic mass is 10.3.